The van der Waals surface area contributed by atoms with Gasteiger partial charge in [-0.2, -0.15) is 0 Å². The molecule has 0 aliphatic heterocycles. The monoisotopic (exact) mass is 499 g/mol. The van der Waals surface area contributed by atoms with Crippen LogP contribution in [-0.4, -0.2) is 37.4 Å². The number of benzene rings is 3. The van der Waals surface area contributed by atoms with Crippen LogP contribution in [0.2, 0.25) is 0 Å². The minimum Gasteiger partial charge on any atom is -0.497 e. The molecule has 0 radical (unpaired) electrons. The van der Waals surface area contributed by atoms with Crippen LogP contribution in [0.3, 0.4) is 0 Å². The molecule has 182 valence electrons. The van der Waals surface area contributed by atoms with Crippen molar-refractivity contribution in [3.63, 3.8) is 0 Å². The Morgan fingerprint density at radius 2 is 1.83 bits per heavy atom. The number of fused-ring (bicyclic) bond motifs is 3. The van der Waals surface area contributed by atoms with E-state index in [0.29, 0.717) is 33.3 Å². The van der Waals surface area contributed by atoms with Crippen molar-refractivity contribution in [3.8, 4) is 11.4 Å². The van der Waals surface area contributed by atoms with Gasteiger partial charge in [0.05, 0.1) is 29.0 Å². The van der Waals surface area contributed by atoms with Crippen molar-refractivity contribution in [2.45, 2.75) is 31.2 Å². The zero-order valence-electron chi connectivity index (χ0n) is 20.4. The minimum atomic E-state index is -0.464. The second kappa shape index (κ2) is 9.50. The maximum absolute atomic E-state index is 13.5. The molecule has 3 aromatic carbocycles. The molecule has 1 unspecified atom stereocenters. The van der Waals surface area contributed by atoms with Gasteiger partial charge in [0.2, 0.25) is 11.7 Å². The number of nitrogens with one attached hydrogen (secondary N) is 1. The van der Waals surface area contributed by atoms with E-state index in [9.17, 15) is 9.59 Å². The van der Waals surface area contributed by atoms with Crippen LogP contribution in [0.5, 0.6) is 5.75 Å². The van der Waals surface area contributed by atoms with Crippen molar-refractivity contribution in [2.24, 2.45) is 0 Å². The van der Waals surface area contributed by atoms with Crippen LogP contribution in [0, 0.1) is 13.8 Å². The molecule has 0 aliphatic carbocycles. The lowest BCUT2D eigenvalue weighted by atomic mass is 10.1. The molecule has 5 rings (SSSR count). The largest absolute Gasteiger partial charge is 0.497 e. The second-order valence-corrected chi connectivity index (χ2v) is 9.85. The summed E-state index contributed by atoms with van der Waals surface area (Å²) in [5.74, 6) is 0.835. The highest BCUT2D eigenvalue weighted by atomic mass is 32.2. The topological polar surface area (TPSA) is 90.5 Å². The Morgan fingerprint density at radius 1 is 1.03 bits per heavy atom. The third-order valence-electron chi connectivity index (χ3n) is 6.00. The van der Waals surface area contributed by atoms with E-state index in [1.165, 1.54) is 16.3 Å². The molecule has 8 nitrogen and oxygen atoms in total. The summed E-state index contributed by atoms with van der Waals surface area (Å²) >= 11 is 1.29. The number of carbonyl (C=O) groups is 1. The summed E-state index contributed by atoms with van der Waals surface area (Å²) in [6, 6.07) is 20.5. The van der Waals surface area contributed by atoms with Crippen molar-refractivity contribution < 1.29 is 9.53 Å². The fourth-order valence-electron chi connectivity index (χ4n) is 4.14. The van der Waals surface area contributed by atoms with E-state index in [-0.39, 0.29) is 11.5 Å². The number of amides is 1. The van der Waals surface area contributed by atoms with Crippen LogP contribution in [0.25, 0.3) is 22.4 Å². The van der Waals surface area contributed by atoms with Crippen molar-refractivity contribution in [3.05, 3.63) is 88.2 Å². The molecule has 0 spiro atoms. The maximum atomic E-state index is 13.5. The number of thioether (sulfide) groups is 1. The number of anilines is 1. The summed E-state index contributed by atoms with van der Waals surface area (Å²) in [5, 5.41) is 12.3. The van der Waals surface area contributed by atoms with E-state index in [0.717, 1.165) is 16.8 Å². The quantitative estimate of drug-likeness (QED) is 0.338. The Bertz CT molecular complexity index is 1670. The molecular formula is C27H25N5O3S. The van der Waals surface area contributed by atoms with Gasteiger partial charge in [0, 0.05) is 11.8 Å². The van der Waals surface area contributed by atoms with Gasteiger partial charge in [-0.1, -0.05) is 47.7 Å². The lowest BCUT2D eigenvalue weighted by Gasteiger charge is -2.14. The second-order valence-electron chi connectivity index (χ2n) is 8.54. The Balaban J connectivity index is 1.58. The number of aryl methyl sites for hydroxylation is 2. The first-order valence-electron chi connectivity index (χ1n) is 11.5. The van der Waals surface area contributed by atoms with Gasteiger partial charge in [-0.3, -0.25) is 14.0 Å². The van der Waals surface area contributed by atoms with Crippen LogP contribution < -0.4 is 15.6 Å². The van der Waals surface area contributed by atoms with Crippen LogP contribution in [0.15, 0.2) is 76.7 Å². The predicted octanol–water partition coefficient (Wildman–Crippen LogP) is 4.78. The number of ether oxygens (including phenoxy) is 1. The molecule has 1 N–H and O–H groups in total. The van der Waals surface area contributed by atoms with Crippen LogP contribution in [0.1, 0.15) is 18.1 Å². The molecule has 0 fully saturated rings. The van der Waals surface area contributed by atoms with Crippen LogP contribution in [-0.2, 0) is 4.79 Å². The van der Waals surface area contributed by atoms with E-state index >= 15 is 0 Å². The number of para-hydroxylation sites is 1. The van der Waals surface area contributed by atoms with Gasteiger partial charge in [0.1, 0.15) is 5.75 Å². The van der Waals surface area contributed by atoms with Gasteiger partial charge in [-0.25, -0.2) is 4.57 Å². The molecule has 0 saturated heterocycles. The lowest BCUT2D eigenvalue weighted by Crippen LogP contribution is -2.24. The molecular weight excluding hydrogens is 474 g/mol. The molecule has 9 heteroatoms. The van der Waals surface area contributed by atoms with Gasteiger partial charge in [-0.05, 0) is 56.7 Å². The fourth-order valence-corrected chi connectivity index (χ4v) is 4.99. The maximum Gasteiger partial charge on any atom is 0.267 e. The summed E-state index contributed by atoms with van der Waals surface area (Å²) in [7, 11) is 1.58. The Labute approximate surface area is 211 Å². The summed E-state index contributed by atoms with van der Waals surface area (Å²) in [6.45, 7) is 5.81. The van der Waals surface area contributed by atoms with Crippen molar-refractivity contribution in [1.82, 2.24) is 19.2 Å². The zero-order chi connectivity index (χ0) is 25.4. The number of hydrogen-bond acceptors (Lipinski definition) is 6. The first-order valence-corrected chi connectivity index (χ1v) is 12.3. The Morgan fingerprint density at radius 3 is 2.61 bits per heavy atom. The third-order valence-corrected chi connectivity index (χ3v) is 7.04. The van der Waals surface area contributed by atoms with Crippen LogP contribution in [0.4, 0.5) is 5.69 Å². The standard InChI is InChI=1S/C27H25N5O3S/c1-16-12-13-22(17(2)14-16)28-24(33)18(3)36-27-30-29-26-31(19-8-7-9-20(15-19)35-4)25(34)21-10-5-6-11-23(21)32(26)27/h5-15,18H,1-4H3,(H,28,33). The number of aromatic nitrogens is 4. The van der Waals surface area contributed by atoms with Gasteiger partial charge < -0.3 is 10.1 Å². The number of hydrogen-bond donors (Lipinski definition) is 1. The summed E-state index contributed by atoms with van der Waals surface area (Å²) in [6.07, 6.45) is 0. The highest BCUT2D eigenvalue weighted by Gasteiger charge is 2.22. The lowest BCUT2D eigenvalue weighted by molar-refractivity contribution is -0.115. The summed E-state index contributed by atoms with van der Waals surface area (Å²) in [4.78, 5) is 26.5. The number of rotatable bonds is 6. The van der Waals surface area contributed by atoms with E-state index in [1.54, 1.807) is 19.2 Å². The normalized spacial score (nSPS) is 12.1. The van der Waals surface area contributed by atoms with E-state index in [2.05, 4.69) is 15.5 Å². The molecule has 0 bridgehead atoms. The fraction of sp³-hybridized carbons (Fsp3) is 0.185. The van der Waals surface area contributed by atoms with Gasteiger partial charge >= 0.3 is 0 Å². The SMILES string of the molecule is COc1cccc(-n2c(=O)c3ccccc3n3c(SC(C)C(=O)Nc4ccc(C)cc4C)nnc23)c1. The molecule has 1 amide bonds. The molecule has 2 heterocycles. The highest BCUT2D eigenvalue weighted by molar-refractivity contribution is 8.00. The first-order chi connectivity index (χ1) is 17.4. The van der Waals surface area contributed by atoms with Gasteiger partial charge in [0.25, 0.3) is 5.56 Å². The van der Waals surface area contributed by atoms with Crippen molar-refractivity contribution in [1.29, 1.82) is 0 Å². The van der Waals surface area contributed by atoms with E-state index in [1.807, 2.05) is 79.8 Å². The first kappa shape index (κ1) is 23.6. The zero-order valence-corrected chi connectivity index (χ0v) is 21.2. The average molecular weight is 500 g/mol. The van der Waals surface area contributed by atoms with E-state index < -0.39 is 5.25 Å². The number of nitrogens with zero attached hydrogens (tertiary/aromatic N) is 4. The van der Waals surface area contributed by atoms with Crippen molar-refractivity contribution >= 4 is 40.0 Å². The molecule has 1 atom stereocenters. The predicted molar refractivity (Wildman–Crippen MR) is 143 cm³/mol. The minimum absolute atomic E-state index is 0.144. The van der Waals surface area contributed by atoms with Crippen molar-refractivity contribution in [2.75, 3.05) is 12.4 Å². The Kier molecular flexibility index (Phi) is 6.24. The van der Waals surface area contributed by atoms with E-state index in [4.69, 9.17) is 4.74 Å². The summed E-state index contributed by atoms with van der Waals surface area (Å²) in [5.41, 5.74) is 3.99. The third kappa shape index (κ3) is 4.22. The number of carbonyl (C=O) groups excluding carboxylic acids is 1. The van der Waals surface area contributed by atoms with Gasteiger partial charge in [-0.15, -0.1) is 10.2 Å². The molecule has 2 aromatic heterocycles. The molecule has 0 aliphatic rings. The summed E-state index contributed by atoms with van der Waals surface area (Å²) < 4.78 is 8.69. The smallest absolute Gasteiger partial charge is 0.267 e. The van der Waals surface area contributed by atoms with Gasteiger partial charge in [0.15, 0.2) is 5.16 Å². The number of methoxy groups -OCH3 is 1. The average Bonchev–Trinajstić information content (AvgIpc) is 3.29. The molecule has 36 heavy (non-hydrogen) atoms. The molecule has 5 aromatic rings. The molecule has 0 saturated carbocycles. The Hall–Kier alpha value is -4.11. The van der Waals surface area contributed by atoms with Crippen LogP contribution >= 0.6 is 11.8 Å². The highest BCUT2D eigenvalue weighted by Crippen LogP contribution is 2.28.